The molecule has 0 bridgehead atoms. The second kappa shape index (κ2) is 7.46. The first-order valence-electron chi connectivity index (χ1n) is 6.28. The Bertz CT molecular complexity index is 560. The van der Waals surface area contributed by atoms with Crippen LogP contribution in [0.25, 0.3) is 0 Å². The number of aliphatic hydroxyl groups excluding tert-OH is 1. The molecule has 1 atom stereocenters. The molecule has 1 rings (SSSR count). The van der Waals surface area contributed by atoms with E-state index in [9.17, 15) is 22.8 Å². The lowest BCUT2D eigenvalue weighted by Crippen LogP contribution is -2.43. The molecule has 1 unspecified atom stereocenters. The minimum absolute atomic E-state index is 0.214. The number of anilines is 1. The number of benzene rings is 1. The summed E-state index contributed by atoms with van der Waals surface area (Å²) in [5.74, 6) is -2.19. The Morgan fingerprint density at radius 1 is 1.32 bits per heavy atom. The number of amides is 2. The Hall–Kier alpha value is -1.80. The molecule has 0 heterocycles. The monoisotopic (exact) mass is 338 g/mol. The van der Waals surface area contributed by atoms with Crippen molar-refractivity contribution in [2.45, 2.75) is 25.6 Å². The average Bonchev–Trinajstić information content (AvgIpc) is 2.45. The molecule has 2 amide bonds. The summed E-state index contributed by atoms with van der Waals surface area (Å²) in [6.45, 7) is 1.34. The molecule has 0 aliphatic carbocycles. The molecule has 22 heavy (non-hydrogen) atoms. The summed E-state index contributed by atoms with van der Waals surface area (Å²) in [5.41, 5.74) is -1.33. The normalized spacial score (nSPS) is 12.6. The first kappa shape index (κ1) is 18.2. The van der Waals surface area contributed by atoms with Gasteiger partial charge in [0, 0.05) is 5.69 Å². The first-order valence-corrected chi connectivity index (χ1v) is 6.66. The van der Waals surface area contributed by atoms with E-state index in [1.54, 1.807) is 6.92 Å². The molecule has 3 N–H and O–H groups in total. The van der Waals surface area contributed by atoms with Crippen molar-refractivity contribution in [3.63, 3.8) is 0 Å². The van der Waals surface area contributed by atoms with Crippen LogP contribution >= 0.6 is 11.6 Å². The molecule has 5 nitrogen and oxygen atoms in total. The van der Waals surface area contributed by atoms with Crippen molar-refractivity contribution in [2.75, 3.05) is 11.9 Å². The van der Waals surface area contributed by atoms with Gasteiger partial charge < -0.3 is 15.7 Å². The van der Waals surface area contributed by atoms with E-state index in [2.05, 4.69) is 5.32 Å². The Morgan fingerprint density at radius 2 is 1.95 bits per heavy atom. The molecule has 1 aromatic rings. The van der Waals surface area contributed by atoms with Gasteiger partial charge in [-0.3, -0.25) is 9.59 Å². The van der Waals surface area contributed by atoms with Crippen molar-refractivity contribution in [2.24, 2.45) is 0 Å². The molecule has 1 aromatic carbocycles. The van der Waals surface area contributed by atoms with E-state index < -0.39 is 34.6 Å². The van der Waals surface area contributed by atoms with Crippen LogP contribution in [0.15, 0.2) is 18.2 Å². The number of hydrogen-bond acceptors (Lipinski definition) is 3. The molecule has 0 spiro atoms. The standard InChI is InChI=1S/C13H14ClF3N2O3/c1-2-7(6-20)18-11(21)12(22)19-8-3-4-10(14)9(5-8)13(15,16)17/h3-5,7,20H,2,6H2,1H3,(H,18,21)(H,19,22). The van der Waals surface area contributed by atoms with Crippen LogP contribution in [0.2, 0.25) is 5.02 Å². The number of carbonyl (C=O) groups is 2. The van der Waals surface area contributed by atoms with Gasteiger partial charge in [-0.05, 0) is 24.6 Å². The molecule has 9 heteroatoms. The second-order valence-electron chi connectivity index (χ2n) is 4.41. The summed E-state index contributed by atoms with van der Waals surface area (Å²) in [7, 11) is 0. The fraction of sp³-hybridized carbons (Fsp3) is 0.385. The van der Waals surface area contributed by atoms with Gasteiger partial charge in [0.1, 0.15) is 0 Å². The minimum atomic E-state index is -4.68. The van der Waals surface area contributed by atoms with Crippen molar-refractivity contribution in [1.29, 1.82) is 0 Å². The van der Waals surface area contributed by atoms with Crippen LogP contribution in [-0.2, 0) is 15.8 Å². The fourth-order valence-corrected chi connectivity index (χ4v) is 1.76. The molecule has 0 saturated heterocycles. The van der Waals surface area contributed by atoms with Crippen molar-refractivity contribution in [1.82, 2.24) is 5.32 Å². The molecule has 0 saturated carbocycles. The van der Waals surface area contributed by atoms with E-state index in [4.69, 9.17) is 16.7 Å². The Morgan fingerprint density at radius 3 is 2.45 bits per heavy atom. The highest BCUT2D eigenvalue weighted by molar-refractivity contribution is 6.39. The van der Waals surface area contributed by atoms with Crippen LogP contribution < -0.4 is 10.6 Å². The summed E-state index contributed by atoms with van der Waals surface area (Å²) >= 11 is 5.45. The van der Waals surface area contributed by atoms with E-state index in [-0.39, 0.29) is 12.3 Å². The zero-order valence-corrected chi connectivity index (χ0v) is 12.3. The molecule has 0 aliphatic rings. The quantitative estimate of drug-likeness (QED) is 0.736. The van der Waals surface area contributed by atoms with Gasteiger partial charge in [0.15, 0.2) is 0 Å². The zero-order valence-electron chi connectivity index (χ0n) is 11.5. The minimum Gasteiger partial charge on any atom is -0.394 e. The number of carbonyl (C=O) groups excluding carboxylic acids is 2. The Balaban J connectivity index is 2.83. The van der Waals surface area contributed by atoms with Gasteiger partial charge in [0.25, 0.3) is 0 Å². The fourth-order valence-electron chi connectivity index (χ4n) is 1.54. The maximum Gasteiger partial charge on any atom is 0.417 e. The lowest BCUT2D eigenvalue weighted by atomic mass is 10.2. The predicted molar refractivity (Wildman–Crippen MR) is 74.4 cm³/mol. The SMILES string of the molecule is CCC(CO)NC(=O)C(=O)Nc1ccc(Cl)c(C(F)(F)F)c1. The van der Waals surface area contributed by atoms with E-state index in [1.165, 1.54) is 0 Å². The average molecular weight is 339 g/mol. The molecular weight excluding hydrogens is 325 g/mol. The smallest absolute Gasteiger partial charge is 0.394 e. The van der Waals surface area contributed by atoms with Gasteiger partial charge in [-0.2, -0.15) is 13.2 Å². The summed E-state index contributed by atoms with van der Waals surface area (Å²) in [6, 6.07) is 2.15. The van der Waals surface area contributed by atoms with Crippen LogP contribution in [0.4, 0.5) is 18.9 Å². The lowest BCUT2D eigenvalue weighted by molar-refractivity contribution is -0.137. The zero-order chi connectivity index (χ0) is 16.9. The number of nitrogens with one attached hydrogen (secondary N) is 2. The highest BCUT2D eigenvalue weighted by Gasteiger charge is 2.33. The highest BCUT2D eigenvalue weighted by Crippen LogP contribution is 2.36. The van der Waals surface area contributed by atoms with Crippen molar-refractivity contribution < 1.29 is 27.9 Å². The molecule has 0 fully saturated rings. The third-order valence-electron chi connectivity index (χ3n) is 2.78. The largest absolute Gasteiger partial charge is 0.417 e. The summed E-state index contributed by atoms with van der Waals surface area (Å²) in [5, 5.41) is 12.7. The maximum atomic E-state index is 12.7. The van der Waals surface area contributed by atoms with Gasteiger partial charge in [-0.15, -0.1) is 0 Å². The number of alkyl halides is 3. The summed E-state index contributed by atoms with van der Waals surface area (Å²) < 4.78 is 38.1. The number of halogens is 4. The van der Waals surface area contributed by atoms with Crippen molar-refractivity contribution in [3.8, 4) is 0 Å². The molecule has 0 radical (unpaired) electrons. The topological polar surface area (TPSA) is 78.4 Å². The van der Waals surface area contributed by atoms with E-state index in [0.717, 1.165) is 12.1 Å². The molecular formula is C13H14ClF3N2O3. The predicted octanol–water partition coefficient (Wildman–Crippen LogP) is 2.18. The van der Waals surface area contributed by atoms with Gasteiger partial charge in [0.2, 0.25) is 0 Å². The Labute approximate surface area is 129 Å². The molecule has 122 valence electrons. The maximum absolute atomic E-state index is 12.7. The summed E-state index contributed by atoms with van der Waals surface area (Å²) in [6.07, 6.45) is -4.28. The van der Waals surface area contributed by atoms with E-state index in [0.29, 0.717) is 12.5 Å². The second-order valence-corrected chi connectivity index (χ2v) is 4.81. The van der Waals surface area contributed by atoms with Gasteiger partial charge in [-0.25, -0.2) is 0 Å². The van der Waals surface area contributed by atoms with Gasteiger partial charge >= 0.3 is 18.0 Å². The van der Waals surface area contributed by atoms with Crippen LogP contribution in [0.3, 0.4) is 0 Å². The van der Waals surface area contributed by atoms with E-state index >= 15 is 0 Å². The lowest BCUT2D eigenvalue weighted by Gasteiger charge is -2.14. The van der Waals surface area contributed by atoms with Gasteiger partial charge in [0.05, 0.1) is 23.2 Å². The molecule has 0 aliphatic heterocycles. The Kier molecular flexibility index (Phi) is 6.19. The number of hydrogen-bond donors (Lipinski definition) is 3. The summed E-state index contributed by atoms with van der Waals surface area (Å²) in [4.78, 5) is 23.1. The first-order chi connectivity index (χ1) is 10.2. The molecule has 0 aromatic heterocycles. The van der Waals surface area contributed by atoms with Crippen LogP contribution in [0, 0.1) is 0 Å². The van der Waals surface area contributed by atoms with Crippen LogP contribution in [0.1, 0.15) is 18.9 Å². The van der Waals surface area contributed by atoms with Crippen LogP contribution in [-0.4, -0.2) is 29.6 Å². The van der Waals surface area contributed by atoms with Crippen LogP contribution in [0.5, 0.6) is 0 Å². The van der Waals surface area contributed by atoms with Gasteiger partial charge in [-0.1, -0.05) is 18.5 Å². The van der Waals surface area contributed by atoms with E-state index in [1.807, 2.05) is 5.32 Å². The number of aliphatic hydroxyl groups is 1. The highest BCUT2D eigenvalue weighted by atomic mass is 35.5. The third kappa shape index (κ3) is 4.88. The van der Waals surface area contributed by atoms with Crippen molar-refractivity contribution >= 4 is 29.1 Å². The van der Waals surface area contributed by atoms with Crippen molar-refractivity contribution in [3.05, 3.63) is 28.8 Å². The number of rotatable bonds is 4. The third-order valence-corrected chi connectivity index (χ3v) is 3.11.